The Labute approximate surface area is 225 Å². The van der Waals surface area contributed by atoms with E-state index in [4.69, 9.17) is 5.26 Å². The summed E-state index contributed by atoms with van der Waals surface area (Å²) in [4.78, 5) is 28.3. The van der Waals surface area contributed by atoms with Crippen LogP contribution in [0.25, 0.3) is 0 Å². The molecule has 4 unspecified atom stereocenters. The molecule has 0 bridgehead atoms. The molecule has 2 saturated heterocycles. The monoisotopic (exact) mass is 550 g/mol. The summed E-state index contributed by atoms with van der Waals surface area (Å²) in [6.07, 6.45) is -2.22. The van der Waals surface area contributed by atoms with Gasteiger partial charge in [0.15, 0.2) is 0 Å². The number of anilines is 1. The fraction of sp³-hybridized carbons (Fsp3) is 0.615. The van der Waals surface area contributed by atoms with Crippen LogP contribution in [0.1, 0.15) is 38.2 Å². The van der Waals surface area contributed by atoms with Crippen molar-refractivity contribution in [3.05, 3.63) is 29.8 Å². The highest BCUT2D eigenvalue weighted by molar-refractivity contribution is 8.01. The lowest BCUT2D eigenvalue weighted by Crippen LogP contribution is -2.42. The summed E-state index contributed by atoms with van der Waals surface area (Å²) in [6, 6.07) is 10.0. The van der Waals surface area contributed by atoms with Crippen molar-refractivity contribution < 1.29 is 22.8 Å². The molecule has 0 aliphatic carbocycles. The molecule has 0 saturated carbocycles. The number of nitrogens with zero attached hydrogens (tertiary/aromatic N) is 4. The molecular weight excluding hydrogens is 517 g/mol. The minimum atomic E-state index is -4.19. The zero-order valence-corrected chi connectivity index (χ0v) is 22.2. The molecule has 2 aliphatic heterocycles. The van der Waals surface area contributed by atoms with Crippen LogP contribution in [0.4, 0.5) is 18.9 Å². The molecule has 8 nitrogen and oxygen atoms in total. The SMILES string of the molecule is CCN1C(=O)C(CCNc2cccc(CCN3CCCC3C(F)(F)F)c2)SC1CC(C#N)C(=O)NCC#N. The fourth-order valence-electron chi connectivity index (χ4n) is 4.97. The molecule has 2 aliphatic rings. The zero-order chi connectivity index (χ0) is 27.7. The van der Waals surface area contributed by atoms with Gasteiger partial charge in [0.1, 0.15) is 18.5 Å². The summed E-state index contributed by atoms with van der Waals surface area (Å²) in [6.45, 7) is 3.48. The minimum Gasteiger partial charge on any atom is -0.385 e. The normalized spacial score (nSPS) is 22.6. The van der Waals surface area contributed by atoms with Gasteiger partial charge in [0.2, 0.25) is 11.8 Å². The van der Waals surface area contributed by atoms with E-state index in [1.54, 1.807) is 4.90 Å². The number of hydrogen-bond acceptors (Lipinski definition) is 7. The van der Waals surface area contributed by atoms with Crippen LogP contribution in [0, 0.1) is 28.6 Å². The maximum absolute atomic E-state index is 13.2. The Morgan fingerprint density at radius 1 is 1.32 bits per heavy atom. The van der Waals surface area contributed by atoms with E-state index in [-0.39, 0.29) is 35.9 Å². The molecule has 2 fully saturated rings. The second-order valence-electron chi connectivity index (χ2n) is 9.40. The van der Waals surface area contributed by atoms with Crippen molar-refractivity contribution in [2.45, 2.75) is 61.9 Å². The van der Waals surface area contributed by atoms with Crippen LogP contribution >= 0.6 is 11.8 Å². The third kappa shape index (κ3) is 7.78. The molecule has 2 N–H and O–H groups in total. The summed E-state index contributed by atoms with van der Waals surface area (Å²) in [5, 5.41) is 23.2. The number of nitrogens with one attached hydrogen (secondary N) is 2. The molecular formula is C26H33F3N6O2S. The van der Waals surface area contributed by atoms with E-state index in [2.05, 4.69) is 10.6 Å². The molecule has 2 heterocycles. The van der Waals surface area contributed by atoms with Crippen molar-refractivity contribution >= 4 is 29.3 Å². The van der Waals surface area contributed by atoms with Crippen molar-refractivity contribution in [2.75, 3.05) is 38.0 Å². The number of thioether (sulfide) groups is 1. The predicted octanol–water partition coefficient (Wildman–Crippen LogP) is 3.52. The zero-order valence-electron chi connectivity index (χ0n) is 21.3. The van der Waals surface area contributed by atoms with Gasteiger partial charge in [0.25, 0.3) is 0 Å². The van der Waals surface area contributed by atoms with Gasteiger partial charge in [-0.3, -0.25) is 14.5 Å². The number of nitriles is 2. The number of hydrogen-bond donors (Lipinski definition) is 2. The Kier molecular flexibility index (Phi) is 10.7. The molecule has 12 heteroatoms. The summed E-state index contributed by atoms with van der Waals surface area (Å²) >= 11 is 1.44. The Hall–Kier alpha value is -2.96. The summed E-state index contributed by atoms with van der Waals surface area (Å²) in [5.41, 5.74) is 1.79. The van der Waals surface area contributed by atoms with E-state index >= 15 is 0 Å². The van der Waals surface area contributed by atoms with Gasteiger partial charge in [0, 0.05) is 31.7 Å². The van der Waals surface area contributed by atoms with Gasteiger partial charge >= 0.3 is 6.18 Å². The van der Waals surface area contributed by atoms with Crippen LogP contribution in [-0.2, 0) is 16.0 Å². The molecule has 1 aromatic carbocycles. The number of halogens is 3. The fourth-order valence-corrected chi connectivity index (χ4v) is 6.56. The third-order valence-corrected chi connectivity index (χ3v) is 8.44. The maximum atomic E-state index is 13.2. The molecule has 3 rings (SSSR count). The highest BCUT2D eigenvalue weighted by Crippen LogP contribution is 2.37. The van der Waals surface area contributed by atoms with Crippen LogP contribution in [0.15, 0.2) is 24.3 Å². The summed E-state index contributed by atoms with van der Waals surface area (Å²) in [5.74, 6) is -1.49. The van der Waals surface area contributed by atoms with Gasteiger partial charge in [-0.25, -0.2) is 0 Å². The number of likely N-dealkylation sites (tertiary alicyclic amines) is 1. The lowest BCUT2D eigenvalue weighted by atomic mass is 10.1. The third-order valence-electron chi connectivity index (χ3n) is 6.91. The Bertz CT molecular complexity index is 1060. The average Bonchev–Trinajstić information content (AvgIpc) is 3.49. The average molecular weight is 551 g/mol. The van der Waals surface area contributed by atoms with E-state index < -0.39 is 24.0 Å². The molecule has 1 aromatic rings. The van der Waals surface area contributed by atoms with Gasteiger partial charge in [-0.15, -0.1) is 11.8 Å². The predicted molar refractivity (Wildman–Crippen MR) is 139 cm³/mol. The number of carbonyl (C=O) groups excluding carboxylic acids is 2. The largest absolute Gasteiger partial charge is 0.404 e. The van der Waals surface area contributed by atoms with Crippen LogP contribution < -0.4 is 10.6 Å². The number of alkyl halides is 3. The van der Waals surface area contributed by atoms with E-state index in [1.807, 2.05) is 43.3 Å². The molecule has 2 amide bonds. The van der Waals surface area contributed by atoms with Crippen molar-refractivity contribution in [1.82, 2.24) is 15.1 Å². The summed E-state index contributed by atoms with van der Waals surface area (Å²) < 4.78 is 39.6. The van der Waals surface area contributed by atoms with Crippen LogP contribution in [0.3, 0.4) is 0 Å². The van der Waals surface area contributed by atoms with Gasteiger partial charge in [-0.05, 0) is 56.8 Å². The van der Waals surface area contributed by atoms with Crippen molar-refractivity contribution in [3.63, 3.8) is 0 Å². The van der Waals surface area contributed by atoms with Crippen LogP contribution in [0.5, 0.6) is 0 Å². The maximum Gasteiger partial charge on any atom is 0.404 e. The van der Waals surface area contributed by atoms with Crippen LogP contribution in [-0.4, -0.2) is 77.2 Å². The van der Waals surface area contributed by atoms with E-state index in [1.165, 1.54) is 16.7 Å². The van der Waals surface area contributed by atoms with E-state index in [9.17, 15) is 28.0 Å². The van der Waals surface area contributed by atoms with E-state index in [0.717, 1.165) is 11.3 Å². The van der Waals surface area contributed by atoms with Gasteiger partial charge in [-0.2, -0.15) is 23.7 Å². The number of carbonyl (C=O) groups is 2. The smallest absolute Gasteiger partial charge is 0.385 e. The van der Waals surface area contributed by atoms with Crippen molar-refractivity contribution in [1.29, 1.82) is 10.5 Å². The number of benzene rings is 1. The standard InChI is InChI=1S/C26H33F3N6O2S/c1-2-35-23(16-19(17-31)24(36)33-12-10-30)38-21(25(35)37)8-11-32-20-6-3-5-18(15-20)9-14-34-13-4-7-22(34)26(27,28)29/h3,5-6,15,19,21-23,32H,2,4,7-9,11-14,16H2,1H3,(H,33,36). The quantitative estimate of drug-likeness (QED) is 0.383. The van der Waals surface area contributed by atoms with Crippen molar-refractivity contribution in [3.8, 4) is 12.1 Å². The first-order valence-electron chi connectivity index (χ1n) is 12.8. The van der Waals surface area contributed by atoms with Crippen LogP contribution in [0.2, 0.25) is 0 Å². The lowest BCUT2D eigenvalue weighted by Gasteiger charge is -2.26. The molecule has 0 radical (unpaired) electrons. The van der Waals surface area contributed by atoms with E-state index in [0.29, 0.717) is 45.4 Å². The number of rotatable bonds is 12. The highest BCUT2D eigenvalue weighted by Gasteiger charge is 2.45. The molecule has 38 heavy (non-hydrogen) atoms. The van der Waals surface area contributed by atoms with Gasteiger partial charge < -0.3 is 15.5 Å². The first-order valence-corrected chi connectivity index (χ1v) is 13.8. The molecule has 0 spiro atoms. The van der Waals surface area contributed by atoms with Gasteiger partial charge in [-0.1, -0.05) is 12.1 Å². The Balaban J connectivity index is 1.50. The second-order valence-corrected chi connectivity index (χ2v) is 10.8. The number of amides is 2. The molecule has 0 aromatic heterocycles. The van der Waals surface area contributed by atoms with Gasteiger partial charge in [0.05, 0.1) is 22.8 Å². The summed E-state index contributed by atoms with van der Waals surface area (Å²) in [7, 11) is 0. The first-order chi connectivity index (χ1) is 18.2. The second kappa shape index (κ2) is 13.7. The topological polar surface area (TPSA) is 112 Å². The molecule has 206 valence electrons. The Morgan fingerprint density at radius 3 is 2.79 bits per heavy atom. The first kappa shape index (κ1) is 29.6. The minimum absolute atomic E-state index is 0.0306. The Morgan fingerprint density at radius 2 is 2.11 bits per heavy atom. The lowest BCUT2D eigenvalue weighted by molar-refractivity contribution is -0.175. The highest BCUT2D eigenvalue weighted by atomic mass is 32.2. The van der Waals surface area contributed by atoms with Crippen molar-refractivity contribution in [2.24, 2.45) is 5.92 Å². The molecule has 4 atom stereocenters.